The highest BCUT2D eigenvalue weighted by molar-refractivity contribution is 7.89. The average molecular weight is 460 g/mol. The second-order valence-corrected chi connectivity index (χ2v) is 11.9. The van der Waals surface area contributed by atoms with Crippen LogP contribution in [0.2, 0.25) is 0 Å². The van der Waals surface area contributed by atoms with Gasteiger partial charge in [-0.3, -0.25) is 9.59 Å². The number of benzene rings is 1. The Bertz CT molecular complexity index is 1010. The van der Waals surface area contributed by atoms with Crippen LogP contribution >= 0.6 is 0 Å². The molecule has 32 heavy (non-hydrogen) atoms. The third-order valence-corrected chi connectivity index (χ3v) is 9.33. The van der Waals surface area contributed by atoms with E-state index < -0.39 is 10.0 Å². The van der Waals surface area contributed by atoms with Crippen LogP contribution in [0.3, 0.4) is 0 Å². The van der Waals surface area contributed by atoms with Crippen molar-refractivity contribution in [1.29, 1.82) is 0 Å². The van der Waals surface area contributed by atoms with Gasteiger partial charge in [0.15, 0.2) is 0 Å². The molecule has 0 aromatic heterocycles. The summed E-state index contributed by atoms with van der Waals surface area (Å²) in [5.74, 6) is 0.163. The lowest BCUT2D eigenvalue weighted by Crippen LogP contribution is -2.47. The normalized spacial score (nSPS) is 26.8. The molecule has 0 N–H and O–H groups in total. The van der Waals surface area contributed by atoms with Crippen LogP contribution in [0.15, 0.2) is 23.1 Å². The van der Waals surface area contributed by atoms with E-state index in [2.05, 4.69) is 0 Å². The Morgan fingerprint density at radius 3 is 2.38 bits per heavy atom. The molecule has 174 valence electrons. The number of sulfonamides is 1. The highest BCUT2D eigenvalue weighted by Crippen LogP contribution is 2.40. The fourth-order valence-corrected chi connectivity index (χ4v) is 7.09. The van der Waals surface area contributed by atoms with Crippen molar-refractivity contribution < 1.29 is 18.0 Å². The number of fused-ring (bicyclic) bond motifs is 1. The third kappa shape index (κ3) is 3.96. The van der Waals surface area contributed by atoms with Gasteiger partial charge in [0, 0.05) is 43.8 Å². The number of rotatable bonds is 4. The van der Waals surface area contributed by atoms with Gasteiger partial charge in [0.2, 0.25) is 21.8 Å². The molecule has 0 radical (unpaired) electrons. The number of carbonyl (C=O) groups is 2. The van der Waals surface area contributed by atoms with Crippen LogP contribution in [0.5, 0.6) is 0 Å². The molecule has 2 atom stereocenters. The molecule has 1 saturated carbocycles. The quantitative estimate of drug-likeness (QED) is 0.694. The molecule has 0 bridgehead atoms. The fourth-order valence-electron chi connectivity index (χ4n) is 5.51. The molecule has 3 heterocycles. The Balaban J connectivity index is 1.34. The largest absolute Gasteiger partial charge is 0.342 e. The van der Waals surface area contributed by atoms with Gasteiger partial charge in [-0.1, -0.05) is 0 Å². The van der Waals surface area contributed by atoms with Crippen molar-refractivity contribution in [2.24, 2.45) is 11.8 Å². The maximum atomic E-state index is 13.5. The van der Waals surface area contributed by atoms with Crippen molar-refractivity contribution in [1.82, 2.24) is 9.21 Å². The fraction of sp³-hybridized carbons (Fsp3) is 0.667. The number of amides is 2. The van der Waals surface area contributed by atoms with Crippen LogP contribution in [0, 0.1) is 11.8 Å². The van der Waals surface area contributed by atoms with Gasteiger partial charge in [-0.15, -0.1) is 0 Å². The van der Waals surface area contributed by atoms with Gasteiger partial charge >= 0.3 is 0 Å². The molecule has 2 amide bonds. The van der Waals surface area contributed by atoms with Gasteiger partial charge in [0.25, 0.3) is 0 Å². The lowest BCUT2D eigenvalue weighted by molar-refractivity contribution is -0.137. The summed E-state index contributed by atoms with van der Waals surface area (Å²) in [5.41, 5.74) is 1.77. The number of hydrogen-bond acceptors (Lipinski definition) is 4. The first kappa shape index (κ1) is 21.9. The van der Waals surface area contributed by atoms with E-state index in [1.807, 2.05) is 16.7 Å². The Morgan fingerprint density at radius 1 is 0.906 bits per heavy atom. The molecule has 2 saturated heterocycles. The summed E-state index contributed by atoms with van der Waals surface area (Å²) in [6.07, 6.45) is 7.27. The maximum Gasteiger partial charge on any atom is 0.243 e. The zero-order valence-electron chi connectivity index (χ0n) is 18.8. The van der Waals surface area contributed by atoms with Crippen molar-refractivity contribution in [3.05, 3.63) is 23.8 Å². The monoisotopic (exact) mass is 459 g/mol. The van der Waals surface area contributed by atoms with E-state index in [1.54, 1.807) is 18.2 Å². The minimum absolute atomic E-state index is 0.0533. The Labute approximate surface area is 190 Å². The van der Waals surface area contributed by atoms with Gasteiger partial charge < -0.3 is 9.80 Å². The lowest BCUT2D eigenvalue weighted by Gasteiger charge is -2.35. The first-order valence-electron chi connectivity index (χ1n) is 12.1. The lowest BCUT2D eigenvalue weighted by atomic mass is 9.97. The van der Waals surface area contributed by atoms with Crippen LogP contribution in [-0.2, 0) is 26.0 Å². The maximum absolute atomic E-state index is 13.5. The summed E-state index contributed by atoms with van der Waals surface area (Å²) < 4.78 is 28.4. The summed E-state index contributed by atoms with van der Waals surface area (Å²) in [5, 5.41) is 0. The average Bonchev–Trinajstić information content (AvgIpc) is 3.60. The number of likely N-dealkylation sites (tertiary alicyclic amines) is 1. The first-order valence-corrected chi connectivity index (χ1v) is 13.5. The van der Waals surface area contributed by atoms with Crippen LogP contribution in [0.1, 0.15) is 57.4 Å². The molecule has 4 aliphatic rings. The molecule has 5 rings (SSSR count). The molecule has 1 aliphatic carbocycles. The van der Waals surface area contributed by atoms with E-state index in [0.717, 1.165) is 62.9 Å². The summed E-state index contributed by atoms with van der Waals surface area (Å²) in [6.45, 7) is 4.32. The molecule has 1 aromatic rings. The smallest absolute Gasteiger partial charge is 0.243 e. The predicted octanol–water partition coefficient (Wildman–Crippen LogP) is 2.79. The van der Waals surface area contributed by atoms with Crippen molar-refractivity contribution in [3.63, 3.8) is 0 Å². The highest BCUT2D eigenvalue weighted by Gasteiger charge is 2.40. The minimum atomic E-state index is -3.68. The highest BCUT2D eigenvalue weighted by atomic mass is 32.2. The van der Waals surface area contributed by atoms with E-state index in [1.165, 1.54) is 4.31 Å². The number of anilines is 1. The van der Waals surface area contributed by atoms with Crippen LogP contribution in [0.25, 0.3) is 0 Å². The van der Waals surface area contributed by atoms with E-state index in [-0.39, 0.29) is 41.1 Å². The molecule has 3 aliphatic heterocycles. The van der Waals surface area contributed by atoms with Crippen LogP contribution < -0.4 is 4.90 Å². The van der Waals surface area contributed by atoms with Crippen LogP contribution in [-0.4, -0.2) is 61.7 Å². The molecule has 8 heteroatoms. The third-order valence-electron chi connectivity index (χ3n) is 7.47. The van der Waals surface area contributed by atoms with Gasteiger partial charge in [-0.2, -0.15) is 4.31 Å². The zero-order valence-corrected chi connectivity index (χ0v) is 19.6. The number of piperidine rings is 2. The molecule has 0 spiro atoms. The van der Waals surface area contributed by atoms with Crippen molar-refractivity contribution in [2.75, 3.05) is 31.1 Å². The molecule has 0 unspecified atom stereocenters. The summed E-state index contributed by atoms with van der Waals surface area (Å²) >= 11 is 0. The van der Waals surface area contributed by atoms with E-state index in [4.69, 9.17) is 0 Å². The minimum Gasteiger partial charge on any atom is -0.342 e. The van der Waals surface area contributed by atoms with E-state index in [0.29, 0.717) is 19.4 Å². The predicted molar refractivity (Wildman–Crippen MR) is 122 cm³/mol. The van der Waals surface area contributed by atoms with Gasteiger partial charge in [-0.05, 0) is 82.1 Å². The van der Waals surface area contributed by atoms with E-state index in [9.17, 15) is 18.0 Å². The second-order valence-electron chi connectivity index (χ2n) is 9.91. The van der Waals surface area contributed by atoms with Crippen molar-refractivity contribution in [3.8, 4) is 0 Å². The van der Waals surface area contributed by atoms with Gasteiger partial charge in [-0.25, -0.2) is 8.42 Å². The molecular weight excluding hydrogens is 426 g/mol. The number of carbonyl (C=O) groups excluding carboxylic acids is 2. The van der Waals surface area contributed by atoms with Gasteiger partial charge in [0.1, 0.15) is 0 Å². The number of hydrogen-bond donors (Lipinski definition) is 0. The summed E-state index contributed by atoms with van der Waals surface area (Å²) in [4.78, 5) is 29.7. The summed E-state index contributed by atoms with van der Waals surface area (Å²) in [7, 11) is -3.68. The van der Waals surface area contributed by atoms with Gasteiger partial charge in [0.05, 0.1) is 10.8 Å². The van der Waals surface area contributed by atoms with Crippen molar-refractivity contribution in [2.45, 2.75) is 69.2 Å². The molecule has 7 nitrogen and oxygen atoms in total. The Morgan fingerprint density at radius 2 is 1.66 bits per heavy atom. The summed E-state index contributed by atoms with van der Waals surface area (Å²) in [6, 6.07) is 5.23. The first-order chi connectivity index (χ1) is 15.4. The standard InChI is InChI=1S/C24H33N3O4S/c1-17-14-20-15-21(9-10-22(20)27(17)24(29)18-7-8-18)32(30,31)26-13-5-6-19(16-26)23(28)25-11-3-2-4-12-25/h9-10,15,17-19H,2-8,11-14,16H2,1H3/t17-,19+/m1/s1. The Hall–Kier alpha value is -1.93. The van der Waals surface area contributed by atoms with E-state index >= 15 is 0 Å². The SMILES string of the molecule is C[C@@H]1Cc2cc(S(=O)(=O)N3CCC[C@H](C(=O)N4CCCCC4)C3)ccc2N1C(=O)C1CC1. The second kappa shape index (κ2) is 8.45. The number of nitrogens with zero attached hydrogens (tertiary/aromatic N) is 3. The Kier molecular flexibility index (Phi) is 5.78. The zero-order chi connectivity index (χ0) is 22.5. The topological polar surface area (TPSA) is 78.0 Å². The molecule has 3 fully saturated rings. The van der Waals surface area contributed by atoms with Crippen LogP contribution in [0.4, 0.5) is 5.69 Å². The van der Waals surface area contributed by atoms with Crippen molar-refractivity contribution >= 4 is 27.5 Å². The molecular formula is C24H33N3O4S. The molecule has 1 aromatic carbocycles.